The van der Waals surface area contributed by atoms with Gasteiger partial charge in [0.15, 0.2) is 0 Å². The summed E-state index contributed by atoms with van der Waals surface area (Å²) in [6.07, 6.45) is 4.71. The normalized spacial score (nSPS) is 16.9. The van der Waals surface area contributed by atoms with Gasteiger partial charge in [-0.3, -0.25) is 0 Å². The predicted octanol–water partition coefficient (Wildman–Crippen LogP) is 2.36. The summed E-state index contributed by atoms with van der Waals surface area (Å²) in [4.78, 5) is 8.47. The molecule has 0 unspecified atom stereocenters. The highest BCUT2D eigenvalue weighted by Gasteiger charge is 2.30. The van der Waals surface area contributed by atoms with E-state index < -0.39 is 10.0 Å². The van der Waals surface area contributed by atoms with Gasteiger partial charge in [0.1, 0.15) is 12.1 Å². The molecule has 0 amide bonds. The fourth-order valence-corrected chi connectivity index (χ4v) is 4.73. The van der Waals surface area contributed by atoms with Gasteiger partial charge in [-0.25, -0.2) is 18.4 Å². The lowest BCUT2D eigenvalue weighted by Gasteiger charge is -2.32. The van der Waals surface area contributed by atoms with Crippen LogP contribution in [0.4, 0.5) is 5.82 Å². The standard InChI is InChI=1S/C17H22N4O2S/c1-13-3-4-14(2)16(11-13)24(22,23)21-9-6-15(7-10-21)20-17-5-8-18-12-19-17/h3-5,8,11-12,15H,6-7,9-10H2,1-2H3,(H,18,19,20). The number of rotatable bonds is 4. The molecule has 0 atom stereocenters. The monoisotopic (exact) mass is 346 g/mol. The van der Waals surface area contributed by atoms with Crippen LogP contribution in [0, 0.1) is 13.8 Å². The smallest absolute Gasteiger partial charge is 0.243 e. The van der Waals surface area contributed by atoms with E-state index in [0.717, 1.165) is 29.8 Å². The minimum Gasteiger partial charge on any atom is -0.367 e. The van der Waals surface area contributed by atoms with E-state index in [2.05, 4.69) is 15.3 Å². The maximum Gasteiger partial charge on any atom is 0.243 e. The van der Waals surface area contributed by atoms with Crippen LogP contribution < -0.4 is 5.32 Å². The molecule has 1 fully saturated rings. The summed E-state index contributed by atoms with van der Waals surface area (Å²) in [5.41, 5.74) is 1.75. The third-order valence-corrected chi connectivity index (χ3v) is 6.39. The van der Waals surface area contributed by atoms with Crippen molar-refractivity contribution in [1.82, 2.24) is 14.3 Å². The van der Waals surface area contributed by atoms with Crippen LogP contribution in [0.3, 0.4) is 0 Å². The first-order valence-electron chi connectivity index (χ1n) is 8.07. The molecule has 6 nitrogen and oxygen atoms in total. The minimum atomic E-state index is -3.43. The van der Waals surface area contributed by atoms with E-state index in [0.29, 0.717) is 18.0 Å². The summed E-state index contributed by atoms with van der Waals surface area (Å²) < 4.78 is 27.4. The minimum absolute atomic E-state index is 0.227. The maximum atomic E-state index is 12.9. The second-order valence-corrected chi connectivity index (χ2v) is 8.09. The molecular weight excluding hydrogens is 324 g/mol. The number of aryl methyl sites for hydroxylation is 2. The summed E-state index contributed by atoms with van der Waals surface area (Å²) in [6.45, 7) is 4.78. The van der Waals surface area contributed by atoms with E-state index in [1.807, 2.05) is 32.0 Å². The first-order valence-corrected chi connectivity index (χ1v) is 9.51. The molecule has 0 bridgehead atoms. The molecular formula is C17H22N4O2S. The lowest BCUT2D eigenvalue weighted by Crippen LogP contribution is -2.42. The van der Waals surface area contributed by atoms with Crippen LogP contribution in [0.25, 0.3) is 0 Å². The molecule has 0 aliphatic carbocycles. The Labute approximate surface area is 143 Å². The van der Waals surface area contributed by atoms with Gasteiger partial charge >= 0.3 is 0 Å². The molecule has 1 aliphatic rings. The number of benzene rings is 1. The summed E-state index contributed by atoms with van der Waals surface area (Å²) in [7, 11) is -3.43. The second-order valence-electron chi connectivity index (χ2n) is 6.19. The molecule has 0 radical (unpaired) electrons. The van der Waals surface area contributed by atoms with Crippen LogP contribution in [-0.4, -0.2) is 41.8 Å². The van der Waals surface area contributed by atoms with E-state index in [1.54, 1.807) is 16.6 Å². The summed E-state index contributed by atoms with van der Waals surface area (Å²) in [5, 5.41) is 3.34. The SMILES string of the molecule is Cc1ccc(C)c(S(=O)(=O)N2CCC(Nc3ccncn3)CC2)c1. The van der Waals surface area contributed by atoms with Crippen molar-refractivity contribution in [3.05, 3.63) is 47.9 Å². The molecule has 0 saturated carbocycles. The zero-order valence-electron chi connectivity index (χ0n) is 13.9. The zero-order valence-corrected chi connectivity index (χ0v) is 14.8. The van der Waals surface area contributed by atoms with E-state index in [-0.39, 0.29) is 6.04 Å². The Morgan fingerprint density at radius 1 is 1.17 bits per heavy atom. The van der Waals surface area contributed by atoms with Gasteiger partial charge in [-0.1, -0.05) is 12.1 Å². The summed E-state index contributed by atoms with van der Waals surface area (Å²) in [6, 6.07) is 7.61. The molecule has 2 aromatic rings. The highest BCUT2D eigenvalue weighted by Crippen LogP contribution is 2.25. The molecule has 1 N–H and O–H groups in total. The molecule has 1 aromatic heterocycles. The summed E-state index contributed by atoms with van der Waals surface area (Å²) >= 11 is 0. The highest BCUT2D eigenvalue weighted by molar-refractivity contribution is 7.89. The van der Waals surface area contributed by atoms with Gasteiger partial charge in [0.25, 0.3) is 0 Å². The predicted molar refractivity (Wildman–Crippen MR) is 93.4 cm³/mol. The average molecular weight is 346 g/mol. The number of nitrogens with zero attached hydrogens (tertiary/aromatic N) is 3. The van der Waals surface area contributed by atoms with Crippen molar-refractivity contribution in [1.29, 1.82) is 0 Å². The second kappa shape index (κ2) is 6.86. The lowest BCUT2D eigenvalue weighted by atomic mass is 10.1. The fourth-order valence-electron chi connectivity index (χ4n) is 2.95. The van der Waals surface area contributed by atoms with E-state index in [1.165, 1.54) is 6.33 Å². The Morgan fingerprint density at radius 3 is 2.58 bits per heavy atom. The molecule has 2 heterocycles. The van der Waals surface area contributed by atoms with Crippen LogP contribution in [0.2, 0.25) is 0 Å². The number of anilines is 1. The van der Waals surface area contributed by atoms with Gasteiger partial charge in [0.2, 0.25) is 10.0 Å². The van der Waals surface area contributed by atoms with Crippen LogP contribution in [0.1, 0.15) is 24.0 Å². The molecule has 1 saturated heterocycles. The molecule has 7 heteroatoms. The number of piperidine rings is 1. The van der Waals surface area contributed by atoms with Crippen LogP contribution >= 0.6 is 0 Å². The molecule has 1 aromatic carbocycles. The zero-order chi connectivity index (χ0) is 17.2. The van der Waals surface area contributed by atoms with Crippen LogP contribution in [0.5, 0.6) is 0 Å². The summed E-state index contributed by atoms with van der Waals surface area (Å²) in [5.74, 6) is 0.779. The van der Waals surface area contributed by atoms with Gasteiger partial charge < -0.3 is 5.32 Å². The van der Waals surface area contributed by atoms with Crippen molar-refractivity contribution in [2.45, 2.75) is 37.6 Å². The highest BCUT2D eigenvalue weighted by atomic mass is 32.2. The van der Waals surface area contributed by atoms with Gasteiger partial charge in [-0.05, 0) is 49.9 Å². The third-order valence-electron chi connectivity index (χ3n) is 4.35. The van der Waals surface area contributed by atoms with Crippen LogP contribution in [0.15, 0.2) is 41.7 Å². The van der Waals surface area contributed by atoms with Gasteiger partial charge in [-0.15, -0.1) is 0 Å². The number of sulfonamides is 1. The average Bonchev–Trinajstić information content (AvgIpc) is 2.58. The quantitative estimate of drug-likeness (QED) is 0.920. The first-order chi connectivity index (χ1) is 11.5. The Bertz CT molecular complexity index is 801. The molecule has 3 rings (SSSR count). The van der Waals surface area contributed by atoms with E-state index >= 15 is 0 Å². The van der Waals surface area contributed by atoms with E-state index in [9.17, 15) is 8.42 Å². The molecule has 128 valence electrons. The van der Waals surface area contributed by atoms with Crippen LogP contribution in [-0.2, 0) is 10.0 Å². The van der Waals surface area contributed by atoms with Crippen molar-refractivity contribution in [3.8, 4) is 0 Å². The molecule has 0 spiro atoms. The van der Waals surface area contributed by atoms with Gasteiger partial charge in [-0.2, -0.15) is 4.31 Å². The lowest BCUT2D eigenvalue weighted by molar-refractivity contribution is 0.329. The number of nitrogens with one attached hydrogen (secondary N) is 1. The largest absolute Gasteiger partial charge is 0.367 e. The van der Waals surface area contributed by atoms with Crippen molar-refractivity contribution < 1.29 is 8.42 Å². The third kappa shape index (κ3) is 3.57. The molecule has 1 aliphatic heterocycles. The number of hydrogen-bond acceptors (Lipinski definition) is 5. The maximum absolute atomic E-state index is 12.9. The van der Waals surface area contributed by atoms with Crippen molar-refractivity contribution in [3.63, 3.8) is 0 Å². The number of hydrogen-bond donors (Lipinski definition) is 1. The van der Waals surface area contributed by atoms with Gasteiger partial charge in [0, 0.05) is 25.3 Å². The Kier molecular flexibility index (Phi) is 4.82. The first kappa shape index (κ1) is 16.9. The van der Waals surface area contributed by atoms with E-state index in [4.69, 9.17) is 0 Å². The Morgan fingerprint density at radius 2 is 1.92 bits per heavy atom. The molecule has 24 heavy (non-hydrogen) atoms. The van der Waals surface area contributed by atoms with Crippen molar-refractivity contribution >= 4 is 15.8 Å². The number of aromatic nitrogens is 2. The fraction of sp³-hybridized carbons (Fsp3) is 0.412. The van der Waals surface area contributed by atoms with Crippen molar-refractivity contribution in [2.24, 2.45) is 0 Å². The Balaban J connectivity index is 1.68. The topological polar surface area (TPSA) is 75.2 Å². The van der Waals surface area contributed by atoms with Gasteiger partial charge in [0.05, 0.1) is 4.90 Å². The Hall–Kier alpha value is -1.99. The van der Waals surface area contributed by atoms with Crippen molar-refractivity contribution in [2.75, 3.05) is 18.4 Å².